The third-order valence-corrected chi connectivity index (χ3v) is 1.71. The molecule has 65 valence electrons. The molecule has 2 aromatic rings. The molecule has 0 atom stereocenters. The third kappa shape index (κ3) is 1.35. The van der Waals surface area contributed by atoms with Crippen LogP contribution in [0, 0.1) is 0 Å². The van der Waals surface area contributed by atoms with E-state index in [1.165, 1.54) is 4.68 Å². The predicted octanol–water partition coefficient (Wildman–Crippen LogP) is 0.241. The molecular formula is C8H7N4O. The number of benzene rings is 1. The number of fused-ring (bicyclic) bond motifs is 1. The second-order valence-corrected chi connectivity index (χ2v) is 2.66. The molecule has 5 heteroatoms. The van der Waals surface area contributed by atoms with Crippen molar-refractivity contribution in [3.63, 3.8) is 0 Å². The summed E-state index contributed by atoms with van der Waals surface area (Å²) in [6, 6.07) is 7.33. The van der Waals surface area contributed by atoms with Gasteiger partial charge in [0.25, 0.3) is 5.91 Å². The zero-order chi connectivity index (χ0) is 9.26. The molecule has 13 heavy (non-hydrogen) atoms. The number of aromatic nitrogens is 3. The summed E-state index contributed by atoms with van der Waals surface area (Å²) in [6.45, 7) is -0.0412. The zero-order valence-corrected chi connectivity index (χ0v) is 6.77. The lowest BCUT2D eigenvalue weighted by Crippen LogP contribution is -2.11. The minimum absolute atomic E-state index is 0.0412. The average molecular weight is 175 g/mol. The number of nitrogens with zero attached hydrogens (tertiary/aromatic N) is 3. The maximum absolute atomic E-state index is 10.5. The van der Waals surface area contributed by atoms with Crippen LogP contribution >= 0.6 is 0 Å². The molecule has 0 aliphatic carbocycles. The van der Waals surface area contributed by atoms with Crippen molar-refractivity contribution in [1.29, 1.82) is 0 Å². The van der Waals surface area contributed by atoms with Crippen LogP contribution in [0.2, 0.25) is 0 Å². The van der Waals surface area contributed by atoms with E-state index in [9.17, 15) is 4.79 Å². The summed E-state index contributed by atoms with van der Waals surface area (Å²) < 4.78 is 1.42. The normalized spacial score (nSPS) is 10.5. The van der Waals surface area contributed by atoms with Crippen molar-refractivity contribution in [2.45, 2.75) is 6.54 Å². The molecule has 1 aromatic heterocycles. The topological polar surface area (TPSA) is 71.6 Å². The number of carbonyl (C=O) groups is 1. The molecule has 0 saturated heterocycles. The van der Waals surface area contributed by atoms with Gasteiger partial charge in [-0.05, 0) is 12.1 Å². The summed E-state index contributed by atoms with van der Waals surface area (Å²) in [5.74, 6) is -0.671. The Balaban J connectivity index is 2.51. The Hall–Kier alpha value is -1.91. The number of hydrogen-bond acceptors (Lipinski definition) is 3. The van der Waals surface area contributed by atoms with Gasteiger partial charge >= 0.3 is 0 Å². The highest BCUT2D eigenvalue weighted by atomic mass is 16.1. The van der Waals surface area contributed by atoms with Crippen LogP contribution in [0.5, 0.6) is 0 Å². The van der Waals surface area contributed by atoms with Gasteiger partial charge in [-0.2, -0.15) is 0 Å². The summed E-state index contributed by atoms with van der Waals surface area (Å²) in [5.41, 5.74) is 8.32. The van der Waals surface area contributed by atoms with Crippen molar-refractivity contribution >= 4 is 16.9 Å². The van der Waals surface area contributed by atoms with Crippen molar-refractivity contribution in [3.8, 4) is 0 Å². The molecule has 0 saturated carbocycles. The smallest absolute Gasteiger partial charge is 0.260 e. The van der Waals surface area contributed by atoms with Crippen molar-refractivity contribution in [2.24, 2.45) is 0 Å². The molecule has 1 N–H and O–H groups in total. The SMILES string of the molecule is [NH]C(=O)Cn1nnc2ccccc21. The van der Waals surface area contributed by atoms with Gasteiger partial charge in [0.1, 0.15) is 12.1 Å². The first-order valence-electron chi connectivity index (χ1n) is 3.80. The summed E-state index contributed by atoms with van der Waals surface area (Å²) in [5, 5.41) is 7.61. The van der Waals surface area contributed by atoms with E-state index in [4.69, 9.17) is 5.73 Å². The quantitative estimate of drug-likeness (QED) is 0.656. The first kappa shape index (κ1) is 7.72. The van der Waals surface area contributed by atoms with Gasteiger partial charge in [-0.3, -0.25) is 10.5 Å². The second-order valence-electron chi connectivity index (χ2n) is 2.66. The van der Waals surface area contributed by atoms with E-state index in [-0.39, 0.29) is 6.54 Å². The molecular weight excluding hydrogens is 168 g/mol. The number of amides is 1. The Morgan fingerprint density at radius 1 is 1.46 bits per heavy atom. The Morgan fingerprint density at radius 3 is 3.00 bits per heavy atom. The summed E-state index contributed by atoms with van der Waals surface area (Å²) in [6.07, 6.45) is 0. The Morgan fingerprint density at radius 2 is 2.23 bits per heavy atom. The van der Waals surface area contributed by atoms with E-state index in [0.717, 1.165) is 11.0 Å². The largest absolute Gasteiger partial charge is 0.271 e. The molecule has 0 aliphatic heterocycles. The van der Waals surface area contributed by atoms with Crippen molar-refractivity contribution < 1.29 is 4.79 Å². The molecule has 2 rings (SSSR count). The van der Waals surface area contributed by atoms with Crippen LogP contribution in [0.4, 0.5) is 0 Å². The fourth-order valence-corrected chi connectivity index (χ4v) is 1.17. The molecule has 1 heterocycles. The number of rotatable bonds is 2. The van der Waals surface area contributed by atoms with E-state index in [0.29, 0.717) is 0 Å². The standard InChI is InChI=1S/C8H7N4O/c9-8(13)5-12-7-4-2-1-3-6(7)10-11-12/h1-4,9H,5H2. The van der Waals surface area contributed by atoms with Gasteiger partial charge in [0, 0.05) is 0 Å². The minimum Gasteiger partial charge on any atom is -0.271 e. The third-order valence-electron chi connectivity index (χ3n) is 1.71. The molecule has 0 fully saturated rings. The number of para-hydroxylation sites is 1. The molecule has 1 radical (unpaired) electrons. The van der Waals surface area contributed by atoms with Gasteiger partial charge in [0.2, 0.25) is 0 Å². The van der Waals surface area contributed by atoms with Crippen LogP contribution < -0.4 is 5.73 Å². The van der Waals surface area contributed by atoms with Gasteiger partial charge < -0.3 is 0 Å². The molecule has 1 aromatic carbocycles. The first-order chi connectivity index (χ1) is 6.27. The minimum atomic E-state index is -0.671. The number of hydrogen-bond donors (Lipinski definition) is 0. The Bertz CT molecular complexity index is 448. The maximum atomic E-state index is 10.5. The molecule has 1 amide bonds. The highest BCUT2D eigenvalue weighted by Crippen LogP contribution is 2.08. The van der Waals surface area contributed by atoms with Gasteiger partial charge in [0.05, 0.1) is 5.52 Å². The van der Waals surface area contributed by atoms with E-state index in [1.54, 1.807) is 0 Å². The lowest BCUT2D eigenvalue weighted by molar-refractivity contribution is -0.119. The van der Waals surface area contributed by atoms with Crippen molar-refractivity contribution in [3.05, 3.63) is 24.3 Å². The molecule has 0 unspecified atom stereocenters. The lowest BCUT2D eigenvalue weighted by atomic mass is 10.3. The van der Waals surface area contributed by atoms with Crippen LogP contribution in [0.25, 0.3) is 11.0 Å². The molecule has 0 bridgehead atoms. The summed E-state index contributed by atoms with van der Waals surface area (Å²) >= 11 is 0. The van der Waals surface area contributed by atoms with Crippen molar-refractivity contribution in [1.82, 2.24) is 20.7 Å². The average Bonchev–Trinajstić information content (AvgIpc) is 2.48. The van der Waals surface area contributed by atoms with Crippen molar-refractivity contribution in [2.75, 3.05) is 0 Å². The van der Waals surface area contributed by atoms with Crippen LogP contribution in [-0.4, -0.2) is 20.9 Å². The van der Waals surface area contributed by atoms with Gasteiger partial charge in [-0.15, -0.1) is 5.10 Å². The zero-order valence-electron chi connectivity index (χ0n) is 6.77. The Labute approximate surface area is 74.1 Å². The van der Waals surface area contributed by atoms with Gasteiger partial charge in [0.15, 0.2) is 0 Å². The summed E-state index contributed by atoms with van der Waals surface area (Å²) in [7, 11) is 0. The van der Waals surface area contributed by atoms with Crippen LogP contribution in [0.3, 0.4) is 0 Å². The maximum Gasteiger partial charge on any atom is 0.260 e. The van der Waals surface area contributed by atoms with E-state index in [2.05, 4.69) is 10.3 Å². The second kappa shape index (κ2) is 2.85. The first-order valence-corrected chi connectivity index (χ1v) is 3.80. The van der Waals surface area contributed by atoms with Crippen LogP contribution in [-0.2, 0) is 11.3 Å². The fourth-order valence-electron chi connectivity index (χ4n) is 1.17. The fraction of sp³-hybridized carbons (Fsp3) is 0.125. The predicted molar refractivity (Wildman–Crippen MR) is 45.6 cm³/mol. The van der Waals surface area contributed by atoms with Gasteiger partial charge in [-0.1, -0.05) is 17.3 Å². The summed E-state index contributed by atoms with van der Waals surface area (Å²) in [4.78, 5) is 10.5. The van der Waals surface area contributed by atoms with E-state index in [1.807, 2.05) is 24.3 Å². The monoisotopic (exact) mass is 175 g/mol. The van der Waals surface area contributed by atoms with E-state index < -0.39 is 5.91 Å². The lowest BCUT2D eigenvalue weighted by Gasteiger charge is -1.95. The highest BCUT2D eigenvalue weighted by Gasteiger charge is 2.04. The number of carbonyl (C=O) groups excluding carboxylic acids is 1. The number of nitrogens with one attached hydrogen (secondary N) is 1. The van der Waals surface area contributed by atoms with Gasteiger partial charge in [-0.25, -0.2) is 4.68 Å². The molecule has 0 aliphatic rings. The Kier molecular flexibility index (Phi) is 1.70. The molecule has 0 spiro atoms. The molecule has 5 nitrogen and oxygen atoms in total. The van der Waals surface area contributed by atoms with Crippen LogP contribution in [0.15, 0.2) is 24.3 Å². The van der Waals surface area contributed by atoms with Crippen LogP contribution in [0.1, 0.15) is 0 Å². The highest BCUT2D eigenvalue weighted by molar-refractivity contribution is 5.78. The van der Waals surface area contributed by atoms with E-state index >= 15 is 0 Å².